The minimum atomic E-state index is -4.34. The molecule has 0 aliphatic heterocycles. The van der Waals surface area contributed by atoms with Crippen molar-refractivity contribution < 1.29 is 18.0 Å². The molecule has 15 heavy (non-hydrogen) atoms. The van der Waals surface area contributed by atoms with Crippen LogP contribution in [0.25, 0.3) is 0 Å². The van der Waals surface area contributed by atoms with E-state index >= 15 is 0 Å². The zero-order chi connectivity index (χ0) is 11.3. The standard InChI is InChI=1S/C9H15F3N2O/c10-9(11,12)6-14-8(15)13-5-4-7-2-1-3-7/h7H,1-6H2,(H2,13,14,15). The maximum atomic E-state index is 11.7. The molecule has 1 saturated carbocycles. The lowest BCUT2D eigenvalue weighted by Gasteiger charge is -2.25. The van der Waals surface area contributed by atoms with Crippen LogP contribution in [0.15, 0.2) is 0 Å². The summed E-state index contributed by atoms with van der Waals surface area (Å²) in [5, 5.41) is 4.16. The fourth-order valence-corrected chi connectivity index (χ4v) is 1.41. The van der Waals surface area contributed by atoms with Gasteiger partial charge in [0.05, 0.1) is 0 Å². The van der Waals surface area contributed by atoms with Crippen molar-refractivity contribution in [3.8, 4) is 0 Å². The number of halogens is 3. The Morgan fingerprint density at radius 3 is 2.40 bits per heavy atom. The molecular formula is C9H15F3N2O. The highest BCUT2D eigenvalue weighted by molar-refractivity contribution is 5.73. The number of hydrogen-bond donors (Lipinski definition) is 2. The van der Waals surface area contributed by atoms with Gasteiger partial charge in [0.25, 0.3) is 0 Å². The molecule has 1 fully saturated rings. The van der Waals surface area contributed by atoms with Crippen molar-refractivity contribution in [2.24, 2.45) is 5.92 Å². The first-order valence-corrected chi connectivity index (χ1v) is 5.06. The average molecular weight is 224 g/mol. The second kappa shape index (κ2) is 5.23. The Bertz CT molecular complexity index is 214. The lowest BCUT2D eigenvalue weighted by molar-refractivity contribution is -0.122. The molecule has 0 saturated heterocycles. The van der Waals surface area contributed by atoms with Crippen LogP contribution in [0.4, 0.5) is 18.0 Å². The van der Waals surface area contributed by atoms with Crippen molar-refractivity contribution in [3.05, 3.63) is 0 Å². The van der Waals surface area contributed by atoms with Crippen LogP contribution in [-0.2, 0) is 0 Å². The highest BCUT2D eigenvalue weighted by atomic mass is 19.4. The lowest BCUT2D eigenvalue weighted by Crippen LogP contribution is -2.41. The van der Waals surface area contributed by atoms with Gasteiger partial charge < -0.3 is 10.6 Å². The Morgan fingerprint density at radius 1 is 1.27 bits per heavy atom. The number of rotatable bonds is 4. The molecule has 0 radical (unpaired) electrons. The van der Waals surface area contributed by atoms with Crippen LogP contribution in [0.1, 0.15) is 25.7 Å². The monoisotopic (exact) mass is 224 g/mol. The summed E-state index contributed by atoms with van der Waals surface area (Å²) >= 11 is 0. The van der Waals surface area contributed by atoms with Crippen molar-refractivity contribution in [1.29, 1.82) is 0 Å². The highest BCUT2D eigenvalue weighted by Crippen LogP contribution is 2.28. The van der Waals surface area contributed by atoms with Gasteiger partial charge >= 0.3 is 12.2 Å². The molecule has 0 spiro atoms. The quantitative estimate of drug-likeness (QED) is 0.753. The van der Waals surface area contributed by atoms with E-state index in [9.17, 15) is 18.0 Å². The summed E-state index contributed by atoms with van der Waals surface area (Å²) in [4.78, 5) is 10.9. The minimum absolute atomic E-state index is 0.453. The first-order chi connectivity index (χ1) is 6.97. The number of urea groups is 1. The van der Waals surface area contributed by atoms with Gasteiger partial charge in [-0.25, -0.2) is 4.79 Å². The van der Waals surface area contributed by atoms with Crippen LogP contribution in [0.5, 0.6) is 0 Å². The largest absolute Gasteiger partial charge is 0.405 e. The number of alkyl halides is 3. The summed E-state index contributed by atoms with van der Waals surface area (Å²) in [5.74, 6) is 0.646. The summed E-state index contributed by atoms with van der Waals surface area (Å²) in [6.07, 6.45) is 0.0907. The van der Waals surface area contributed by atoms with E-state index in [1.54, 1.807) is 5.32 Å². The van der Waals surface area contributed by atoms with E-state index < -0.39 is 18.8 Å². The van der Waals surface area contributed by atoms with Gasteiger partial charge in [-0.1, -0.05) is 19.3 Å². The third-order valence-corrected chi connectivity index (χ3v) is 2.51. The van der Waals surface area contributed by atoms with Crippen LogP contribution in [0, 0.1) is 5.92 Å². The Hall–Kier alpha value is -0.940. The maximum Gasteiger partial charge on any atom is 0.405 e. The van der Waals surface area contributed by atoms with Crippen LogP contribution < -0.4 is 10.6 Å². The lowest BCUT2D eigenvalue weighted by atomic mass is 9.83. The van der Waals surface area contributed by atoms with Gasteiger partial charge in [0.2, 0.25) is 0 Å². The summed E-state index contributed by atoms with van der Waals surface area (Å²) in [6.45, 7) is -0.823. The van der Waals surface area contributed by atoms with Crippen molar-refractivity contribution in [2.75, 3.05) is 13.1 Å². The predicted molar refractivity (Wildman–Crippen MR) is 49.4 cm³/mol. The Morgan fingerprint density at radius 2 is 1.93 bits per heavy atom. The zero-order valence-corrected chi connectivity index (χ0v) is 8.36. The second-order valence-corrected chi connectivity index (χ2v) is 3.81. The molecule has 0 aromatic heterocycles. The van der Waals surface area contributed by atoms with Gasteiger partial charge in [-0.2, -0.15) is 13.2 Å². The summed E-state index contributed by atoms with van der Waals surface area (Å²) in [6, 6.07) is -0.744. The molecule has 1 aliphatic carbocycles. The van der Waals surface area contributed by atoms with E-state index in [-0.39, 0.29) is 0 Å². The molecule has 0 atom stereocenters. The Labute approximate surface area is 86.4 Å². The molecule has 0 bridgehead atoms. The predicted octanol–water partition coefficient (Wildman–Crippen LogP) is 2.04. The molecule has 0 unspecified atom stereocenters. The summed E-state index contributed by atoms with van der Waals surface area (Å²) < 4.78 is 35.1. The van der Waals surface area contributed by atoms with Crippen molar-refractivity contribution in [1.82, 2.24) is 10.6 Å². The van der Waals surface area contributed by atoms with Gasteiger partial charge in [0.1, 0.15) is 6.54 Å². The topological polar surface area (TPSA) is 41.1 Å². The van der Waals surface area contributed by atoms with E-state index in [1.165, 1.54) is 19.3 Å². The van der Waals surface area contributed by atoms with Crippen LogP contribution in [0.3, 0.4) is 0 Å². The van der Waals surface area contributed by atoms with Crippen LogP contribution in [-0.4, -0.2) is 25.3 Å². The Balaban J connectivity index is 1.98. The van der Waals surface area contributed by atoms with Crippen molar-refractivity contribution >= 4 is 6.03 Å². The average Bonchev–Trinajstić information content (AvgIpc) is 2.04. The normalized spacial score (nSPS) is 17.0. The first-order valence-electron chi connectivity index (χ1n) is 5.06. The van der Waals surface area contributed by atoms with E-state index in [0.29, 0.717) is 12.5 Å². The maximum absolute atomic E-state index is 11.7. The molecule has 2 N–H and O–H groups in total. The molecule has 88 valence electrons. The highest BCUT2D eigenvalue weighted by Gasteiger charge is 2.27. The van der Waals surface area contributed by atoms with Gasteiger partial charge in [-0.15, -0.1) is 0 Å². The number of hydrogen-bond acceptors (Lipinski definition) is 1. The molecule has 3 nitrogen and oxygen atoms in total. The van der Waals surface area contributed by atoms with Gasteiger partial charge in [0.15, 0.2) is 0 Å². The number of nitrogens with one attached hydrogen (secondary N) is 2. The fraction of sp³-hybridized carbons (Fsp3) is 0.889. The number of carbonyl (C=O) groups excluding carboxylic acids is 1. The van der Waals surface area contributed by atoms with Gasteiger partial charge in [-0.3, -0.25) is 0 Å². The molecule has 0 aromatic rings. The van der Waals surface area contributed by atoms with Crippen molar-refractivity contribution in [2.45, 2.75) is 31.9 Å². The van der Waals surface area contributed by atoms with Crippen molar-refractivity contribution in [3.63, 3.8) is 0 Å². The van der Waals surface area contributed by atoms with E-state index in [0.717, 1.165) is 6.42 Å². The third-order valence-electron chi connectivity index (χ3n) is 2.51. The van der Waals surface area contributed by atoms with Crippen LogP contribution in [0.2, 0.25) is 0 Å². The van der Waals surface area contributed by atoms with E-state index in [4.69, 9.17) is 0 Å². The molecular weight excluding hydrogens is 209 g/mol. The molecule has 0 heterocycles. The summed E-state index contributed by atoms with van der Waals surface area (Å²) in [7, 11) is 0. The number of amides is 2. The molecule has 0 aromatic carbocycles. The fourth-order valence-electron chi connectivity index (χ4n) is 1.41. The van der Waals surface area contributed by atoms with E-state index in [2.05, 4.69) is 5.32 Å². The molecule has 6 heteroatoms. The third kappa shape index (κ3) is 5.49. The smallest absolute Gasteiger partial charge is 0.338 e. The summed E-state index contributed by atoms with van der Waals surface area (Å²) in [5.41, 5.74) is 0. The molecule has 1 aliphatic rings. The molecule has 1 rings (SSSR count). The van der Waals surface area contributed by atoms with Gasteiger partial charge in [-0.05, 0) is 12.3 Å². The number of carbonyl (C=O) groups is 1. The minimum Gasteiger partial charge on any atom is -0.338 e. The Kier molecular flexibility index (Phi) is 4.23. The second-order valence-electron chi connectivity index (χ2n) is 3.81. The van der Waals surface area contributed by atoms with Crippen LogP contribution >= 0.6 is 0 Å². The first kappa shape index (κ1) is 12.1. The molecule has 2 amide bonds. The zero-order valence-electron chi connectivity index (χ0n) is 8.36. The van der Waals surface area contributed by atoms with Gasteiger partial charge in [0, 0.05) is 6.54 Å². The SMILES string of the molecule is O=C(NCCC1CCC1)NCC(F)(F)F. The van der Waals surface area contributed by atoms with E-state index in [1.807, 2.05) is 0 Å².